The van der Waals surface area contributed by atoms with Crippen molar-refractivity contribution in [2.45, 2.75) is 40.0 Å². The lowest BCUT2D eigenvalue weighted by atomic mass is 9.99. The number of rotatable bonds is 2. The maximum absolute atomic E-state index is 2.27. The van der Waals surface area contributed by atoms with E-state index in [0.717, 1.165) is 0 Å². The minimum Gasteiger partial charge on any atom is -0.148 e. The van der Waals surface area contributed by atoms with Gasteiger partial charge in [-0.3, -0.25) is 0 Å². The highest BCUT2D eigenvalue weighted by atomic mass is 32.1. The van der Waals surface area contributed by atoms with E-state index in [2.05, 4.69) is 33.1 Å². The largest absolute Gasteiger partial charge is 0.148 e. The molecular weight excluding hydrogens is 152 g/mol. The molecule has 0 aromatic carbocycles. The summed E-state index contributed by atoms with van der Waals surface area (Å²) >= 11 is 1.90. The fourth-order valence-corrected chi connectivity index (χ4v) is 2.69. The molecule has 0 saturated heterocycles. The van der Waals surface area contributed by atoms with Crippen molar-refractivity contribution in [1.82, 2.24) is 0 Å². The van der Waals surface area contributed by atoms with E-state index in [0.29, 0.717) is 5.92 Å². The minimum absolute atomic E-state index is 0.691. The summed E-state index contributed by atoms with van der Waals surface area (Å²) in [6, 6.07) is 0. The Morgan fingerprint density at radius 1 is 1.45 bits per heavy atom. The summed E-state index contributed by atoms with van der Waals surface area (Å²) in [6.45, 7) is 8.99. The summed E-state index contributed by atoms with van der Waals surface area (Å²) in [4.78, 5) is 1.57. The SMILES string of the molecule is CCc1scc(C)c1C(C)C. The van der Waals surface area contributed by atoms with Crippen LogP contribution in [-0.2, 0) is 6.42 Å². The van der Waals surface area contributed by atoms with Crippen molar-refractivity contribution in [3.05, 3.63) is 21.4 Å². The van der Waals surface area contributed by atoms with Gasteiger partial charge in [-0.25, -0.2) is 0 Å². The van der Waals surface area contributed by atoms with E-state index in [1.165, 1.54) is 12.0 Å². The molecule has 0 spiro atoms. The summed E-state index contributed by atoms with van der Waals surface area (Å²) in [5.74, 6) is 0.691. The second kappa shape index (κ2) is 3.40. The van der Waals surface area contributed by atoms with Crippen molar-refractivity contribution in [3.63, 3.8) is 0 Å². The number of hydrogen-bond acceptors (Lipinski definition) is 1. The van der Waals surface area contributed by atoms with Gasteiger partial charge < -0.3 is 0 Å². The molecule has 62 valence electrons. The molecule has 0 nitrogen and oxygen atoms in total. The van der Waals surface area contributed by atoms with Gasteiger partial charge in [0.1, 0.15) is 0 Å². The standard InChI is InChI=1S/C10H16S/c1-5-9-10(7(2)3)8(4)6-11-9/h6-7H,5H2,1-4H3. The van der Waals surface area contributed by atoms with Crippen molar-refractivity contribution in [2.24, 2.45) is 0 Å². The van der Waals surface area contributed by atoms with Gasteiger partial charge in [-0.15, -0.1) is 11.3 Å². The van der Waals surface area contributed by atoms with Gasteiger partial charge in [0.05, 0.1) is 0 Å². The van der Waals surface area contributed by atoms with Crippen molar-refractivity contribution in [3.8, 4) is 0 Å². The first-order chi connectivity index (χ1) is 5.16. The van der Waals surface area contributed by atoms with Gasteiger partial charge >= 0.3 is 0 Å². The van der Waals surface area contributed by atoms with Gasteiger partial charge in [0.2, 0.25) is 0 Å². The lowest BCUT2D eigenvalue weighted by Gasteiger charge is -2.06. The van der Waals surface area contributed by atoms with Gasteiger partial charge in [0.25, 0.3) is 0 Å². The van der Waals surface area contributed by atoms with Crippen LogP contribution >= 0.6 is 11.3 Å². The molecule has 0 atom stereocenters. The Morgan fingerprint density at radius 2 is 2.09 bits per heavy atom. The first kappa shape index (κ1) is 8.79. The van der Waals surface area contributed by atoms with Gasteiger partial charge in [-0.05, 0) is 35.8 Å². The molecule has 1 aromatic heterocycles. The lowest BCUT2D eigenvalue weighted by Crippen LogP contribution is -1.91. The second-order valence-corrected chi connectivity index (χ2v) is 4.23. The van der Waals surface area contributed by atoms with Crippen LogP contribution < -0.4 is 0 Å². The number of hydrogen-bond donors (Lipinski definition) is 0. The smallest absolute Gasteiger partial charge is 0.00798 e. The average Bonchev–Trinajstić information content (AvgIpc) is 2.30. The average molecular weight is 168 g/mol. The Hall–Kier alpha value is -0.300. The van der Waals surface area contributed by atoms with Crippen LogP contribution in [0, 0.1) is 6.92 Å². The maximum Gasteiger partial charge on any atom is 0.00798 e. The maximum atomic E-state index is 2.27. The normalized spacial score (nSPS) is 11.0. The molecule has 1 aromatic rings. The molecule has 0 saturated carbocycles. The van der Waals surface area contributed by atoms with Crippen LogP contribution in [0.3, 0.4) is 0 Å². The molecule has 0 aliphatic carbocycles. The van der Waals surface area contributed by atoms with Gasteiger partial charge in [0.15, 0.2) is 0 Å². The molecule has 0 N–H and O–H groups in total. The monoisotopic (exact) mass is 168 g/mol. The van der Waals surface area contributed by atoms with Crippen molar-refractivity contribution in [1.29, 1.82) is 0 Å². The van der Waals surface area contributed by atoms with E-state index in [-0.39, 0.29) is 0 Å². The van der Waals surface area contributed by atoms with Gasteiger partial charge in [-0.2, -0.15) is 0 Å². The fourth-order valence-electron chi connectivity index (χ4n) is 1.56. The van der Waals surface area contributed by atoms with Crippen LogP contribution in [0.2, 0.25) is 0 Å². The van der Waals surface area contributed by atoms with E-state index in [1.54, 1.807) is 10.4 Å². The zero-order valence-corrected chi connectivity index (χ0v) is 8.59. The molecule has 11 heavy (non-hydrogen) atoms. The molecule has 0 bridgehead atoms. The second-order valence-electron chi connectivity index (χ2n) is 3.26. The Morgan fingerprint density at radius 3 is 2.45 bits per heavy atom. The molecule has 0 aliphatic rings. The third-order valence-electron chi connectivity index (χ3n) is 2.00. The van der Waals surface area contributed by atoms with Crippen molar-refractivity contribution >= 4 is 11.3 Å². The molecule has 0 unspecified atom stereocenters. The Bertz CT molecular complexity index is 233. The quantitative estimate of drug-likeness (QED) is 0.631. The van der Waals surface area contributed by atoms with Crippen LogP contribution in [0.15, 0.2) is 5.38 Å². The van der Waals surface area contributed by atoms with Crippen LogP contribution in [0.1, 0.15) is 42.7 Å². The molecule has 0 aliphatic heterocycles. The highest BCUT2D eigenvalue weighted by Crippen LogP contribution is 2.29. The third-order valence-corrected chi connectivity index (χ3v) is 3.27. The highest BCUT2D eigenvalue weighted by molar-refractivity contribution is 7.10. The van der Waals surface area contributed by atoms with Crippen molar-refractivity contribution < 1.29 is 0 Å². The molecule has 1 heteroatoms. The summed E-state index contributed by atoms with van der Waals surface area (Å²) < 4.78 is 0. The first-order valence-electron chi connectivity index (χ1n) is 4.23. The third kappa shape index (κ3) is 1.64. The molecule has 1 rings (SSSR count). The summed E-state index contributed by atoms with van der Waals surface area (Å²) in [6.07, 6.45) is 1.19. The molecule has 0 amide bonds. The minimum atomic E-state index is 0.691. The molecular formula is C10H16S. The number of thiophene rings is 1. The van der Waals surface area contributed by atoms with Gasteiger partial charge in [-0.1, -0.05) is 20.8 Å². The highest BCUT2D eigenvalue weighted by Gasteiger charge is 2.09. The van der Waals surface area contributed by atoms with Crippen LogP contribution in [0.4, 0.5) is 0 Å². The summed E-state index contributed by atoms with van der Waals surface area (Å²) in [7, 11) is 0. The Balaban J connectivity index is 3.07. The lowest BCUT2D eigenvalue weighted by molar-refractivity contribution is 0.846. The predicted molar refractivity (Wildman–Crippen MR) is 52.5 cm³/mol. The van der Waals surface area contributed by atoms with Crippen LogP contribution in [0.5, 0.6) is 0 Å². The molecule has 0 radical (unpaired) electrons. The Labute approximate surface area is 73.3 Å². The zero-order chi connectivity index (χ0) is 8.43. The van der Waals surface area contributed by atoms with E-state index >= 15 is 0 Å². The fraction of sp³-hybridized carbons (Fsp3) is 0.600. The first-order valence-corrected chi connectivity index (χ1v) is 5.11. The number of aryl methyl sites for hydroxylation is 2. The molecule has 0 fully saturated rings. The summed E-state index contributed by atoms with van der Waals surface area (Å²) in [5, 5.41) is 2.27. The topological polar surface area (TPSA) is 0 Å². The van der Waals surface area contributed by atoms with Crippen LogP contribution in [0.25, 0.3) is 0 Å². The molecule has 1 heterocycles. The van der Waals surface area contributed by atoms with Crippen molar-refractivity contribution in [2.75, 3.05) is 0 Å². The van der Waals surface area contributed by atoms with E-state index in [1.807, 2.05) is 11.3 Å². The Kier molecular flexibility index (Phi) is 2.72. The van der Waals surface area contributed by atoms with E-state index in [4.69, 9.17) is 0 Å². The zero-order valence-electron chi connectivity index (χ0n) is 7.77. The van der Waals surface area contributed by atoms with Gasteiger partial charge in [0, 0.05) is 4.88 Å². The van der Waals surface area contributed by atoms with Crippen LogP contribution in [-0.4, -0.2) is 0 Å². The van der Waals surface area contributed by atoms with E-state index in [9.17, 15) is 0 Å². The van der Waals surface area contributed by atoms with E-state index < -0.39 is 0 Å². The summed E-state index contributed by atoms with van der Waals surface area (Å²) in [5.41, 5.74) is 3.05. The predicted octanol–water partition coefficient (Wildman–Crippen LogP) is 3.74.